The Bertz CT molecular complexity index is 943. The standard InChI is InChI=1S/C22H29FN6O3/c1-2-24-22(31)29-11-5-8-18(29)21-25-19(32-26-21)9-10-20(30)28-14-12-27(13-15-28)17-7-4-3-6-16(17)23/h3-4,6-7,18H,2,5,8-15H2,1H3,(H,24,31). The van der Waals surface area contributed by atoms with Crippen LogP contribution in [0.4, 0.5) is 14.9 Å². The molecule has 172 valence electrons. The van der Waals surface area contributed by atoms with Gasteiger partial charge in [0.05, 0.1) is 11.7 Å². The summed E-state index contributed by atoms with van der Waals surface area (Å²) in [4.78, 5) is 34.8. The summed E-state index contributed by atoms with van der Waals surface area (Å²) in [6, 6.07) is 6.39. The number of likely N-dealkylation sites (tertiary alicyclic amines) is 1. The lowest BCUT2D eigenvalue weighted by molar-refractivity contribution is -0.131. The van der Waals surface area contributed by atoms with Crippen LogP contribution in [0.3, 0.4) is 0 Å². The van der Waals surface area contributed by atoms with Gasteiger partial charge in [-0.3, -0.25) is 4.79 Å². The zero-order chi connectivity index (χ0) is 22.5. The Balaban J connectivity index is 1.27. The Kier molecular flexibility index (Phi) is 6.87. The number of aryl methyl sites for hydroxylation is 1. The number of urea groups is 1. The van der Waals surface area contributed by atoms with Crippen LogP contribution in [-0.2, 0) is 11.2 Å². The summed E-state index contributed by atoms with van der Waals surface area (Å²) in [5, 5.41) is 6.87. The maximum Gasteiger partial charge on any atom is 0.318 e. The highest BCUT2D eigenvalue weighted by atomic mass is 19.1. The van der Waals surface area contributed by atoms with E-state index in [0.29, 0.717) is 63.1 Å². The molecule has 2 fully saturated rings. The average molecular weight is 445 g/mol. The van der Waals surface area contributed by atoms with Gasteiger partial charge in [-0.2, -0.15) is 4.98 Å². The van der Waals surface area contributed by atoms with Crippen molar-refractivity contribution in [2.45, 2.75) is 38.6 Å². The van der Waals surface area contributed by atoms with Crippen LogP contribution in [0.25, 0.3) is 0 Å². The van der Waals surface area contributed by atoms with Gasteiger partial charge in [-0.1, -0.05) is 17.3 Å². The second-order valence-electron chi connectivity index (χ2n) is 8.05. The Labute approximate surface area is 186 Å². The maximum absolute atomic E-state index is 14.0. The first-order valence-electron chi connectivity index (χ1n) is 11.2. The molecule has 2 aliphatic heterocycles. The summed E-state index contributed by atoms with van der Waals surface area (Å²) in [6.45, 7) is 5.39. The Morgan fingerprint density at radius 3 is 2.72 bits per heavy atom. The minimum Gasteiger partial charge on any atom is -0.366 e. The lowest BCUT2D eigenvalue weighted by atomic mass is 10.2. The number of rotatable bonds is 6. The van der Waals surface area contributed by atoms with Crippen molar-refractivity contribution in [1.82, 2.24) is 25.3 Å². The molecule has 0 saturated carbocycles. The number of amides is 3. The second-order valence-corrected chi connectivity index (χ2v) is 8.05. The van der Waals surface area contributed by atoms with Crippen LogP contribution < -0.4 is 10.2 Å². The van der Waals surface area contributed by atoms with Crippen molar-refractivity contribution in [3.8, 4) is 0 Å². The molecule has 1 aromatic carbocycles. The number of nitrogens with one attached hydrogen (secondary N) is 1. The van der Waals surface area contributed by atoms with E-state index in [1.54, 1.807) is 21.9 Å². The van der Waals surface area contributed by atoms with Crippen LogP contribution in [-0.4, -0.2) is 71.1 Å². The van der Waals surface area contributed by atoms with E-state index in [-0.39, 0.29) is 30.2 Å². The quantitative estimate of drug-likeness (QED) is 0.735. The fourth-order valence-electron chi connectivity index (χ4n) is 4.31. The zero-order valence-corrected chi connectivity index (χ0v) is 18.3. The molecule has 1 N–H and O–H groups in total. The summed E-state index contributed by atoms with van der Waals surface area (Å²) in [7, 11) is 0. The van der Waals surface area contributed by atoms with E-state index < -0.39 is 0 Å². The fourth-order valence-corrected chi connectivity index (χ4v) is 4.31. The summed E-state index contributed by atoms with van der Waals surface area (Å²) in [6.07, 6.45) is 2.31. The average Bonchev–Trinajstić information content (AvgIpc) is 3.48. The predicted molar refractivity (Wildman–Crippen MR) is 116 cm³/mol. The number of carbonyl (C=O) groups is 2. The van der Waals surface area contributed by atoms with E-state index in [0.717, 1.165) is 12.8 Å². The molecule has 2 saturated heterocycles. The van der Waals surface area contributed by atoms with E-state index in [1.165, 1.54) is 6.07 Å². The molecule has 32 heavy (non-hydrogen) atoms. The largest absolute Gasteiger partial charge is 0.366 e. The molecule has 0 spiro atoms. The first-order chi connectivity index (χ1) is 15.6. The Morgan fingerprint density at radius 1 is 1.19 bits per heavy atom. The molecule has 3 amide bonds. The van der Waals surface area contributed by atoms with Gasteiger partial charge in [0.2, 0.25) is 11.8 Å². The fraction of sp³-hybridized carbons (Fsp3) is 0.545. The van der Waals surface area contributed by atoms with Crippen molar-refractivity contribution in [3.05, 3.63) is 41.8 Å². The van der Waals surface area contributed by atoms with Crippen molar-refractivity contribution >= 4 is 17.6 Å². The summed E-state index contributed by atoms with van der Waals surface area (Å²) < 4.78 is 19.3. The molecule has 0 bridgehead atoms. The molecule has 1 unspecified atom stereocenters. The highest BCUT2D eigenvalue weighted by molar-refractivity contribution is 5.76. The highest BCUT2D eigenvalue weighted by Crippen LogP contribution is 2.30. The lowest BCUT2D eigenvalue weighted by Crippen LogP contribution is -2.49. The van der Waals surface area contributed by atoms with Gasteiger partial charge in [-0.25, -0.2) is 9.18 Å². The lowest BCUT2D eigenvalue weighted by Gasteiger charge is -2.36. The van der Waals surface area contributed by atoms with Crippen molar-refractivity contribution in [2.75, 3.05) is 44.2 Å². The molecule has 2 aromatic rings. The molecule has 3 heterocycles. The summed E-state index contributed by atoms with van der Waals surface area (Å²) in [5.74, 6) is 0.672. The molecule has 0 radical (unpaired) electrons. The predicted octanol–water partition coefficient (Wildman–Crippen LogP) is 2.36. The number of hydrogen-bond donors (Lipinski definition) is 1. The van der Waals surface area contributed by atoms with Crippen molar-refractivity contribution in [3.63, 3.8) is 0 Å². The Hall–Kier alpha value is -3.17. The smallest absolute Gasteiger partial charge is 0.318 e. The number of hydrogen-bond acceptors (Lipinski definition) is 6. The number of carbonyl (C=O) groups excluding carboxylic acids is 2. The molecule has 2 aliphatic rings. The third kappa shape index (κ3) is 4.84. The van der Waals surface area contributed by atoms with Gasteiger partial charge >= 0.3 is 6.03 Å². The summed E-state index contributed by atoms with van der Waals surface area (Å²) in [5.41, 5.74) is 0.576. The number of para-hydroxylation sites is 1. The van der Waals surface area contributed by atoms with E-state index >= 15 is 0 Å². The van der Waals surface area contributed by atoms with Gasteiger partial charge in [-0.15, -0.1) is 0 Å². The second kappa shape index (κ2) is 9.97. The number of nitrogens with zero attached hydrogens (tertiary/aromatic N) is 5. The number of halogens is 1. The zero-order valence-electron chi connectivity index (χ0n) is 18.3. The van der Waals surface area contributed by atoms with Crippen LogP contribution in [0.2, 0.25) is 0 Å². The first-order valence-corrected chi connectivity index (χ1v) is 11.2. The number of anilines is 1. The van der Waals surface area contributed by atoms with E-state index in [1.807, 2.05) is 17.9 Å². The van der Waals surface area contributed by atoms with Crippen LogP contribution in [0, 0.1) is 5.82 Å². The monoisotopic (exact) mass is 444 g/mol. The number of aromatic nitrogens is 2. The van der Waals surface area contributed by atoms with E-state index in [9.17, 15) is 14.0 Å². The number of piperazine rings is 1. The SMILES string of the molecule is CCNC(=O)N1CCCC1c1noc(CCC(=O)N2CCN(c3ccccc3F)CC2)n1. The van der Waals surface area contributed by atoms with Gasteiger partial charge in [0, 0.05) is 52.1 Å². The molecule has 0 aliphatic carbocycles. The molecule has 9 nitrogen and oxygen atoms in total. The molecule has 1 aromatic heterocycles. The minimum atomic E-state index is -0.243. The van der Waals surface area contributed by atoms with Crippen LogP contribution in [0.15, 0.2) is 28.8 Å². The van der Waals surface area contributed by atoms with Crippen LogP contribution >= 0.6 is 0 Å². The Morgan fingerprint density at radius 2 is 1.97 bits per heavy atom. The van der Waals surface area contributed by atoms with E-state index in [2.05, 4.69) is 15.5 Å². The van der Waals surface area contributed by atoms with Crippen molar-refractivity contribution < 1.29 is 18.5 Å². The van der Waals surface area contributed by atoms with Crippen molar-refractivity contribution in [2.24, 2.45) is 0 Å². The molecule has 10 heteroatoms. The number of benzene rings is 1. The van der Waals surface area contributed by atoms with Gasteiger partial charge in [0.15, 0.2) is 5.82 Å². The maximum atomic E-state index is 14.0. The highest BCUT2D eigenvalue weighted by Gasteiger charge is 2.33. The van der Waals surface area contributed by atoms with Gasteiger partial charge in [-0.05, 0) is 31.9 Å². The van der Waals surface area contributed by atoms with Gasteiger partial charge in [0.1, 0.15) is 5.82 Å². The van der Waals surface area contributed by atoms with Crippen molar-refractivity contribution in [1.29, 1.82) is 0 Å². The normalized spacial score (nSPS) is 18.8. The van der Waals surface area contributed by atoms with Gasteiger partial charge in [0.25, 0.3) is 0 Å². The molecular weight excluding hydrogens is 415 g/mol. The van der Waals surface area contributed by atoms with Crippen LogP contribution in [0.1, 0.15) is 43.9 Å². The molecule has 4 rings (SSSR count). The topological polar surface area (TPSA) is 94.8 Å². The third-order valence-electron chi connectivity index (χ3n) is 6.00. The first kappa shape index (κ1) is 22.0. The van der Waals surface area contributed by atoms with E-state index in [4.69, 9.17) is 4.52 Å². The van der Waals surface area contributed by atoms with Gasteiger partial charge < -0.3 is 24.5 Å². The summed E-state index contributed by atoms with van der Waals surface area (Å²) >= 11 is 0. The third-order valence-corrected chi connectivity index (χ3v) is 6.00. The molecular formula is C22H29FN6O3. The molecule has 1 atom stereocenters. The minimum absolute atomic E-state index is 0.0164. The van der Waals surface area contributed by atoms with Crippen LogP contribution in [0.5, 0.6) is 0 Å².